The van der Waals surface area contributed by atoms with Crippen LogP contribution in [-0.4, -0.2) is 59.0 Å². The standard InChI is InChI=1S/C13H26N2O4/c1-13(3-2-6-16)15-5-8-18-10-12-19-11-9-17-7-4-14/h6,15H,1-5,7-12,14H2. The molecule has 0 aliphatic rings. The maximum Gasteiger partial charge on any atom is 0.120 e. The van der Waals surface area contributed by atoms with E-state index in [4.69, 9.17) is 19.9 Å². The van der Waals surface area contributed by atoms with Crippen LogP contribution < -0.4 is 11.1 Å². The minimum Gasteiger partial charge on any atom is -0.386 e. The zero-order valence-corrected chi connectivity index (χ0v) is 11.6. The Morgan fingerprint density at radius 3 is 2.21 bits per heavy atom. The van der Waals surface area contributed by atoms with E-state index in [0.717, 1.165) is 12.0 Å². The number of nitrogens with one attached hydrogen (secondary N) is 1. The highest BCUT2D eigenvalue weighted by atomic mass is 16.5. The molecule has 0 saturated carbocycles. The molecule has 0 spiro atoms. The van der Waals surface area contributed by atoms with E-state index in [1.807, 2.05) is 0 Å². The summed E-state index contributed by atoms with van der Waals surface area (Å²) in [6.45, 7) is 8.42. The summed E-state index contributed by atoms with van der Waals surface area (Å²) in [5.41, 5.74) is 6.14. The molecule has 0 aromatic carbocycles. The zero-order chi connectivity index (χ0) is 14.2. The lowest BCUT2D eigenvalue weighted by molar-refractivity contribution is -0.107. The molecule has 0 atom stereocenters. The molecular weight excluding hydrogens is 248 g/mol. The van der Waals surface area contributed by atoms with E-state index in [1.54, 1.807) is 0 Å². The van der Waals surface area contributed by atoms with E-state index >= 15 is 0 Å². The molecule has 6 nitrogen and oxygen atoms in total. The van der Waals surface area contributed by atoms with Crippen LogP contribution in [0, 0.1) is 0 Å². The van der Waals surface area contributed by atoms with Crippen molar-refractivity contribution in [2.75, 3.05) is 52.7 Å². The Kier molecular flexibility index (Phi) is 14.4. The second-order valence-electron chi connectivity index (χ2n) is 3.86. The molecule has 0 aliphatic carbocycles. The van der Waals surface area contributed by atoms with Crippen LogP contribution in [0.4, 0.5) is 0 Å². The number of allylic oxidation sites excluding steroid dienone is 1. The first kappa shape index (κ1) is 18.0. The molecule has 0 unspecified atom stereocenters. The van der Waals surface area contributed by atoms with Crippen molar-refractivity contribution in [3.63, 3.8) is 0 Å². The fraction of sp³-hybridized carbons (Fsp3) is 0.769. The molecule has 0 aliphatic heterocycles. The van der Waals surface area contributed by atoms with E-state index in [0.29, 0.717) is 65.6 Å². The summed E-state index contributed by atoms with van der Waals surface area (Å²) in [5.74, 6) is 0. The van der Waals surface area contributed by atoms with Crippen LogP contribution in [0.1, 0.15) is 12.8 Å². The maximum atomic E-state index is 10.1. The zero-order valence-electron chi connectivity index (χ0n) is 11.6. The largest absolute Gasteiger partial charge is 0.386 e. The summed E-state index contributed by atoms with van der Waals surface area (Å²) in [4.78, 5) is 10.1. The predicted octanol–water partition coefficient (Wildman–Crippen LogP) is 0.0773. The van der Waals surface area contributed by atoms with Gasteiger partial charge in [0.25, 0.3) is 0 Å². The molecule has 0 amide bonds. The summed E-state index contributed by atoms with van der Waals surface area (Å²) in [7, 11) is 0. The van der Waals surface area contributed by atoms with E-state index in [-0.39, 0.29) is 0 Å². The van der Waals surface area contributed by atoms with Gasteiger partial charge in [-0.3, -0.25) is 0 Å². The summed E-state index contributed by atoms with van der Waals surface area (Å²) in [6, 6.07) is 0. The van der Waals surface area contributed by atoms with Gasteiger partial charge in [-0.2, -0.15) is 0 Å². The number of aldehydes is 1. The number of carbonyl (C=O) groups is 1. The van der Waals surface area contributed by atoms with Crippen molar-refractivity contribution in [3.05, 3.63) is 12.3 Å². The molecule has 0 aromatic heterocycles. The number of ether oxygens (including phenoxy) is 3. The Morgan fingerprint density at radius 1 is 1.05 bits per heavy atom. The third-order valence-electron chi connectivity index (χ3n) is 2.19. The van der Waals surface area contributed by atoms with Crippen molar-refractivity contribution in [2.24, 2.45) is 5.73 Å². The van der Waals surface area contributed by atoms with Gasteiger partial charge in [0.05, 0.1) is 39.6 Å². The fourth-order valence-electron chi connectivity index (χ4n) is 1.25. The van der Waals surface area contributed by atoms with Crippen LogP contribution in [0.3, 0.4) is 0 Å². The first-order valence-electron chi connectivity index (χ1n) is 6.59. The van der Waals surface area contributed by atoms with Crippen LogP contribution in [0.25, 0.3) is 0 Å². The Hall–Kier alpha value is -0.950. The van der Waals surface area contributed by atoms with Gasteiger partial charge in [-0.25, -0.2) is 0 Å². The molecule has 0 saturated heterocycles. The van der Waals surface area contributed by atoms with E-state index in [1.165, 1.54) is 0 Å². The SMILES string of the molecule is C=C(CCC=O)NCCOCCOCCOCCN. The highest BCUT2D eigenvalue weighted by molar-refractivity contribution is 5.49. The van der Waals surface area contributed by atoms with Gasteiger partial charge >= 0.3 is 0 Å². The van der Waals surface area contributed by atoms with Gasteiger partial charge in [0.1, 0.15) is 6.29 Å². The Morgan fingerprint density at radius 2 is 1.63 bits per heavy atom. The number of carbonyl (C=O) groups excluding carboxylic acids is 1. The van der Waals surface area contributed by atoms with Gasteiger partial charge < -0.3 is 30.1 Å². The highest BCUT2D eigenvalue weighted by Gasteiger charge is 1.94. The second kappa shape index (κ2) is 15.1. The van der Waals surface area contributed by atoms with Crippen molar-refractivity contribution in [1.29, 1.82) is 0 Å². The molecule has 0 radical (unpaired) electrons. The van der Waals surface area contributed by atoms with Gasteiger partial charge in [0.2, 0.25) is 0 Å². The summed E-state index contributed by atoms with van der Waals surface area (Å²) in [5, 5.41) is 3.09. The van der Waals surface area contributed by atoms with E-state index in [9.17, 15) is 4.79 Å². The smallest absolute Gasteiger partial charge is 0.120 e. The lowest BCUT2D eigenvalue weighted by atomic mass is 10.3. The van der Waals surface area contributed by atoms with Gasteiger partial charge in [-0.05, 0) is 6.42 Å². The van der Waals surface area contributed by atoms with Crippen molar-refractivity contribution >= 4 is 6.29 Å². The van der Waals surface area contributed by atoms with Gasteiger partial charge in [0.15, 0.2) is 0 Å². The minimum absolute atomic E-state index is 0.507. The summed E-state index contributed by atoms with van der Waals surface area (Å²) in [6.07, 6.45) is 2.07. The van der Waals surface area contributed by atoms with E-state index in [2.05, 4.69) is 11.9 Å². The van der Waals surface area contributed by atoms with Crippen molar-refractivity contribution in [3.8, 4) is 0 Å². The highest BCUT2D eigenvalue weighted by Crippen LogP contribution is 1.94. The topological polar surface area (TPSA) is 82.8 Å². The molecule has 0 bridgehead atoms. The van der Waals surface area contributed by atoms with Crippen molar-refractivity contribution in [2.45, 2.75) is 12.8 Å². The van der Waals surface area contributed by atoms with Crippen molar-refractivity contribution < 1.29 is 19.0 Å². The lowest BCUT2D eigenvalue weighted by Crippen LogP contribution is -2.20. The molecule has 6 heteroatoms. The predicted molar refractivity (Wildman–Crippen MR) is 74.0 cm³/mol. The molecular formula is C13H26N2O4. The lowest BCUT2D eigenvalue weighted by Gasteiger charge is -2.09. The minimum atomic E-state index is 0.507. The Balaban J connectivity index is 3.06. The number of nitrogens with two attached hydrogens (primary N) is 1. The van der Waals surface area contributed by atoms with Crippen LogP contribution in [-0.2, 0) is 19.0 Å². The first-order valence-corrected chi connectivity index (χ1v) is 6.59. The Labute approximate surface area is 115 Å². The van der Waals surface area contributed by atoms with Gasteiger partial charge in [-0.1, -0.05) is 6.58 Å². The van der Waals surface area contributed by atoms with Crippen LogP contribution in [0.2, 0.25) is 0 Å². The van der Waals surface area contributed by atoms with Crippen LogP contribution in [0.5, 0.6) is 0 Å². The summed E-state index contributed by atoms with van der Waals surface area (Å²) < 4.78 is 15.8. The van der Waals surface area contributed by atoms with E-state index < -0.39 is 0 Å². The maximum absolute atomic E-state index is 10.1. The molecule has 112 valence electrons. The first-order chi connectivity index (χ1) is 9.31. The fourth-order valence-corrected chi connectivity index (χ4v) is 1.25. The molecule has 3 N–H and O–H groups in total. The summed E-state index contributed by atoms with van der Waals surface area (Å²) >= 11 is 0. The average molecular weight is 274 g/mol. The van der Waals surface area contributed by atoms with Gasteiger partial charge in [0, 0.05) is 25.2 Å². The number of hydrogen-bond donors (Lipinski definition) is 2. The second-order valence-corrected chi connectivity index (χ2v) is 3.86. The van der Waals surface area contributed by atoms with Crippen LogP contribution >= 0.6 is 0 Å². The quantitative estimate of drug-likeness (QED) is 0.325. The van der Waals surface area contributed by atoms with Crippen LogP contribution in [0.15, 0.2) is 12.3 Å². The molecule has 19 heavy (non-hydrogen) atoms. The molecule has 0 aromatic rings. The number of rotatable bonds is 15. The monoisotopic (exact) mass is 274 g/mol. The molecule has 0 rings (SSSR count). The van der Waals surface area contributed by atoms with Gasteiger partial charge in [-0.15, -0.1) is 0 Å². The average Bonchev–Trinajstić information content (AvgIpc) is 2.42. The van der Waals surface area contributed by atoms with Crippen molar-refractivity contribution in [1.82, 2.24) is 5.32 Å². The Bertz CT molecular complexity index is 225. The molecule has 0 fully saturated rings. The molecule has 0 heterocycles. The normalized spacial score (nSPS) is 10.4. The third kappa shape index (κ3) is 15.0. The number of hydrogen-bond acceptors (Lipinski definition) is 6. The third-order valence-corrected chi connectivity index (χ3v) is 2.19.